The van der Waals surface area contributed by atoms with E-state index >= 15 is 4.39 Å². The Morgan fingerprint density at radius 3 is 2.62 bits per heavy atom. The predicted octanol–water partition coefficient (Wildman–Crippen LogP) is 5.22. The number of aromatic amines is 1. The number of H-pyrrole nitrogens is 1. The quantitative estimate of drug-likeness (QED) is 0.486. The number of hydrogen-bond donors (Lipinski definition) is 2. The first-order chi connectivity index (χ1) is 14.0. The van der Waals surface area contributed by atoms with E-state index in [2.05, 4.69) is 20.5 Å². The molecule has 5 nitrogen and oxygen atoms in total. The summed E-state index contributed by atoms with van der Waals surface area (Å²) in [6.07, 6.45) is 3.66. The van der Waals surface area contributed by atoms with Crippen LogP contribution in [0.5, 0.6) is 0 Å². The second-order valence-corrected chi connectivity index (χ2v) is 7.40. The van der Waals surface area contributed by atoms with Crippen LogP contribution in [0.15, 0.2) is 42.7 Å². The van der Waals surface area contributed by atoms with Crippen LogP contribution in [0.25, 0.3) is 16.9 Å². The normalized spacial score (nSPS) is 15.0. The summed E-state index contributed by atoms with van der Waals surface area (Å²) < 4.78 is 44.6. The van der Waals surface area contributed by atoms with Gasteiger partial charge in [0.05, 0.1) is 5.52 Å². The van der Waals surface area contributed by atoms with Crippen molar-refractivity contribution in [2.24, 2.45) is 0 Å². The molecule has 2 heterocycles. The van der Waals surface area contributed by atoms with E-state index in [9.17, 15) is 8.78 Å². The van der Waals surface area contributed by atoms with Gasteiger partial charge < -0.3 is 5.32 Å². The van der Waals surface area contributed by atoms with Gasteiger partial charge >= 0.3 is 0 Å². The van der Waals surface area contributed by atoms with Crippen molar-refractivity contribution in [3.8, 4) is 5.82 Å². The SMILES string of the molecule is C[C@H](Nc1c(F)cc2ncn(-c3cc(C4CC4)[nH]n3)c2c1F)c1ccc(F)cc1. The molecule has 1 fully saturated rings. The molecule has 0 aliphatic heterocycles. The molecule has 148 valence electrons. The molecule has 0 unspecified atom stereocenters. The zero-order valence-electron chi connectivity index (χ0n) is 15.6. The molecule has 0 bridgehead atoms. The summed E-state index contributed by atoms with van der Waals surface area (Å²) in [6, 6.07) is 8.42. The van der Waals surface area contributed by atoms with Crippen LogP contribution in [0.1, 0.15) is 43.0 Å². The summed E-state index contributed by atoms with van der Waals surface area (Å²) in [6.45, 7) is 1.75. The van der Waals surface area contributed by atoms with Gasteiger partial charge in [0, 0.05) is 29.8 Å². The average Bonchev–Trinajstić information content (AvgIpc) is 3.28. The summed E-state index contributed by atoms with van der Waals surface area (Å²) in [5.74, 6) is -0.870. The molecule has 0 saturated heterocycles. The van der Waals surface area contributed by atoms with Gasteiger partial charge in [0.25, 0.3) is 0 Å². The van der Waals surface area contributed by atoms with Crippen LogP contribution in [0, 0.1) is 17.5 Å². The number of halogens is 3. The van der Waals surface area contributed by atoms with E-state index in [1.54, 1.807) is 19.1 Å². The van der Waals surface area contributed by atoms with Crippen molar-refractivity contribution in [1.82, 2.24) is 19.7 Å². The van der Waals surface area contributed by atoms with Crippen molar-refractivity contribution in [2.75, 3.05) is 5.32 Å². The summed E-state index contributed by atoms with van der Waals surface area (Å²) in [5, 5.41) is 10.1. The third kappa shape index (κ3) is 3.14. The third-order valence-electron chi connectivity index (χ3n) is 5.30. The van der Waals surface area contributed by atoms with Crippen LogP contribution in [-0.2, 0) is 0 Å². The van der Waals surface area contributed by atoms with Crippen LogP contribution in [0.3, 0.4) is 0 Å². The number of nitrogens with zero attached hydrogens (tertiary/aromatic N) is 3. The smallest absolute Gasteiger partial charge is 0.175 e. The number of hydrogen-bond acceptors (Lipinski definition) is 3. The maximum absolute atomic E-state index is 15.4. The van der Waals surface area contributed by atoms with Crippen molar-refractivity contribution in [3.63, 3.8) is 0 Å². The highest BCUT2D eigenvalue weighted by atomic mass is 19.1. The number of anilines is 1. The second kappa shape index (κ2) is 6.65. The van der Waals surface area contributed by atoms with Crippen molar-refractivity contribution in [3.05, 3.63) is 71.4 Å². The van der Waals surface area contributed by atoms with Crippen LogP contribution in [-0.4, -0.2) is 19.7 Å². The van der Waals surface area contributed by atoms with E-state index in [1.807, 2.05) is 6.07 Å². The van der Waals surface area contributed by atoms with Gasteiger partial charge in [-0.2, -0.15) is 5.10 Å². The van der Waals surface area contributed by atoms with E-state index in [-0.39, 0.29) is 22.5 Å². The summed E-state index contributed by atoms with van der Waals surface area (Å²) in [7, 11) is 0. The molecule has 0 radical (unpaired) electrons. The van der Waals surface area contributed by atoms with Crippen LogP contribution >= 0.6 is 0 Å². The molecule has 1 saturated carbocycles. The Labute approximate surface area is 164 Å². The van der Waals surface area contributed by atoms with Crippen LogP contribution in [0.4, 0.5) is 18.9 Å². The number of nitrogens with one attached hydrogen (secondary N) is 2. The highest BCUT2D eigenvalue weighted by Crippen LogP contribution is 2.39. The molecule has 0 amide bonds. The van der Waals surface area contributed by atoms with E-state index in [0.717, 1.165) is 18.5 Å². The molecule has 29 heavy (non-hydrogen) atoms. The molecule has 8 heteroatoms. The van der Waals surface area contributed by atoms with E-state index in [4.69, 9.17) is 0 Å². The lowest BCUT2D eigenvalue weighted by Gasteiger charge is -2.17. The number of imidazole rings is 1. The minimum atomic E-state index is -0.748. The highest BCUT2D eigenvalue weighted by molar-refractivity contribution is 5.82. The van der Waals surface area contributed by atoms with Gasteiger partial charge in [-0.05, 0) is 37.5 Å². The number of rotatable bonds is 5. The summed E-state index contributed by atoms with van der Waals surface area (Å²) in [5.41, 5.74) is 1.81. The Morgan fingerprint density at radius 1 is 1.14 bits per heavy atom. The zero-order chi connectivity index (χ0) is 20.1. The predicted molar refractivity (Wildman–Crippen MR) is 104 cm³/mol. The van der Waals surface area contributed by atoms with Gasteiger partial charge in [-0.25, -0.2) is 18.2 Å². The standard InChI is InChI=1S/C21H18F3N5/c1-11(12-4-6-14(22)7-5-12)26-20-15(23)8-17-21(19(20)24)29(10-25-17)18-9-16(27-28-18)13-2-3-13/h4-11,13,26H,2-3H2,1H3,(H,27,28)/t11-/m0/s1. The Bertz CT molecular complexity index is 1190. The number of fused-ring (bicyclic) bond motifs is 1. The fourth-order valence-electron chi connectivity index (χ4n) is 3.51. The van der Waals surface area contributed by atoms with Crippen LogP contribution < -0.4 is 5.32 Å². The summed E-state index contributed by atoms with van der Waals surface area (Å²) >= 11 is 0. The van der Waals surface area contributed by atoms with Gasteiger partial charge in [0.1, 0.15) is 23.3 Å². The zero-order valence-corrected chi connectivity index (χ0v) is 15.6. The molecule has 2 N–H and O–H groups in total. The molecule has 2 aromatic heterocycles. The molecule has 1 aliphatic carbocycles. The van der Waals surface area contributed by atoms with E-state index in [0.29, 0.717) is 17.3 Å². The van der Waals surface area contributed by atoms with Crippen molar-refractivity contribution in [2.45, 2.75) is 31.7 Å². The topological polar surface area (TPSA) is 58.5 Å². The second-order valence-electron chi connectivity index (χ2n) is 7.40. The maximum Gasteiger partial charge on any atom is 0.175 e. The Kier molecular flexibility index (Phi) is 4.08. The minimum absolute atomic E-state index is 0.147. The first-order valence-electron chi connectivity index (χ1n) is 9.44. The molecular weight excluding hydrogens is 379 g/mol. The van der Waals surface area contributed by atoms with Crippen molar-refractivity contribution in [1.29, 1.82) is 0 Å². The van der Waals surface area contributed by atoms with Gasteiger partial charge in [0.2, 0.25) is 0 Å². The Hall–Kier alpha value is -3.29. The van der Waals surface area contributed by atoms with Crippen molar-refractivity contribution >= 4 is 16.7 Å². The molecule has 2 aromatic carbocycles. The Balaban J connectivity index is 1.54. The fraction of sp³-hybridized carbons (Fsp3) is 0.238. The van der Waals surface area contributed by atoms with Gasteiger partial charge in [-0.3, -0.25) is 9.67 Å². The first-order valence-corrected chi connectivity index (χ1v) is 9.44. The Morgan fingerprint density at radius 2 is 1.90 bits per heavy atom. The highest BCUT2D eigenvalue weighted by Gasteiger charge is 2.27. The molecule has 1 atom stereocenters. The molecule has 1 aliphatic rings. The first kappa shape index (κ1) is 17.8. The average molecular weight is 397 g/mol. The monoisotopic (exact) mass is 397 g/mol. The van der Waals surface area contributed by atoms with Gasteiger partial charge in [0.15, 0.2) is 17.5 Å². The summed E-state index contributed by atoms with van der Waals surface area (Å²) in [4.78, 5) is 4.13. The minimum Gasteiger partial charge on any atom is -0.374 e. The molecule has 5 rings (SSSR count). The van der Waals surface area contributed by atoms with Gasteiger partial charge in [-0.1, -0.05) is 12.1 Å². The third-order valence-corrected chi connectivity index (χ3v) is 5.30. The molecular formula is C21H18F3N5. The van der Waals surface area contributed by atoms with E-state index < -0.39 is 17.7 Å². The van der Waals surface area contributed by atoms with Gasteiger partial charge in [-0.15, -0.1) is 0 Å². The number of benzene rings is 2. The lowest BCUT2D eigenvalue weighted by Crippen LogP contribution is -2.10. The van der Waals surface area contributed by atoms with Crippen molar-refractivity contribution < 1.29 is 13.2 Å². The fourth-order valence-corrected chi connectivity index (χ4v) is 3.51. The van der Waals surface area contributed by atoms with Crippen LogP contribution in [0.2, 0.25) is 0 Å². The maximum atomic E-state index is 15.4. The number of aromatic nitrogens is 4. The molecule has 4 aromatic rings. The largest absolute Gasteiger partial charge is 0.374 e. The lowest BCUT2D eigenvalue weighted by molar-refractivity contribution is 0.590. The lowest BCUT2D eigenvalue weighted by atomic mass is 10.1. The molecule has 0 spiro atoms. The van der Waals surface area contributed by atoms with E-state index in [1.165, 1.54) is 29.1 Å².